The Balaban J connectivity index is 2.47. The van der Waals surface area contributed by atoms with Gasteiger partial charge in [-0.25, -0.2) is 0 Å². The third-order valence-electron chi connectivity index (χ3n) is 2.49. The van der Waals surface area contributed by atoms with E-state index in [0.29, 0.717) is 5.56 Å². The Labute approximate surface area is 122 Å². The highest BCUT2D eigenvalue weighted by Gasteiger charge is 2.09. The van der Waals surface area contributed by atoms with Gasteiger partial charge in [-0.15, -0.1) is 0 Å². The second-order valence-electron chi connectivity index (χ2n) is 4.65. The van der Waals surface area contributed by atoms with Gasteiger partial charge >= 0.3 is 0 Å². The zero-order chi connectivity index (χ0) is 15.8. The molecule has 0 aromatic carbocycles. The van der Waals surface area contributed by atoms with Gasteiger partial charge in [0.15, 0.2) is 5.84 Å². The third-order valence-corrected chi connectivity index (χ3v) is 2.49. The second kappa shape index (κ2) is 7.83. The molecule has 114 valence electrons. The Morgan fingerprint density at radius 3 is 2.67 bits per heavy atom. The number of hydrogen-bond donors (Lipinski definition) is 4. The van der Waals surface area contributed by atoms with E-state index in [1.807, 2.05) is 13.8 Å². The lowest BCUT2D eigenvalue weighted by atomic mass is 10.2. The summed E-state index contributed by atoms with van der Waals surface area (Å²) in [6.45, 7) is 3.95. The number of carbonyl (C=O) groups excluding carboxylic acids is 2. The molecule has 8 nitrogen and oxygen atoms in total. The largest absolute Gasteiger partial charge is 0.409 e. The van der Waals surface area contributed by atoms with Crippen molar-refractivity contribution in [2.24, 2.45) is 10.9 Å². The Morgan fingerprint density at radius 2 is 2.14 bits per heavy atom. The first-order chi connectivity index (χ1) is 9.93. The summed E-state index contributed by atoms with van der Waals surface area (Å²) in [5, 5.41) is 16.7. The zero-order valence-electron chi connectivity index (χ0n) is 12.0. The quantitative estimate of drug-likeness (QED) is 0.250. The van der Waals surface area contributed by atoms with Crippen LogP contribution in [0.4, 0.5) is 0 Å². The molecule has 8 heteroatoms. The fourth-order valence-electron chi connectivity index (χ4n) is 1.51. The summed E-state index contributed by atoms with van der Waals surface area (Å²) < 4.78 is 0. The molecule has 0 spiro atoms. The number of amidine groups is 1. The van der Waals surface area contributed by atoms with Gasteiger partial charge in [-0.05, 0) is 26.0 Å². The van der Waals surface area contributed by atoms with E-state index >= 15 is 0 Å². The van der Waals surface area contributed by atoms with Crippen molar-refractivity contribution in [1.82, 2.24) is 15.6 Å². The first kappa shape index (κ1) is 16.4. The van der Waals surface area contributed by atoms with Crippen LogP contribution in [0.1, 0.15) is 36.3 Å². The molecule has 0 atom stereocenters. The summed E-state index contributed by atoms with van der Waals surface area (Å²) in [6, 6.07) is 3.04. The maximum atomic E-state index is 11.8. The van der Waals surface area contributed by atoms with Gasteiger partial charge in [0.05, 0.1) is 0 Å². The summed E-state index contributed by atoms with van der Waals surface area (Å²) in [5.74, 6) is -0.598. The van der Waals surface area contributed by atoms with E-state index in [0.717, 1.165) is 0 Å². The molecule has 0 aliphatic carbocycles. The number of nitrogens with zero attached hydrogens (tertiary/aromatic N) is 2. The van der Waals surface area contributed by atoms with Gasteiger partial charge < -0.3 is 21.6 Å². The number of carbonyl (C=O) groups is 2. The van der Waals surface area contributed by atoms with Crippen LogP contribution in [0.15, 0.2) is 23.5 Å². The summed E-state index contributed by atoms with van der Waals surface area (Å²) in [6.07, 6.45) is 1.53. The van der Waals surface area contributed by atoms with Crippen molar-refractivity contribution in [3.8, 4) is 0 Å². The van der Waals surface area contributed by atoms with E-state index < -0.39 is 5.91 Å². The molecule has 1 rings (SSSR count). The van der Waals surface area contributed by atoms with Gasteiger partial charge in [0.25, 0.3) is 5.91 Å². The summed E-state index contributed by atoms with van der Waals surface area (Å²) in [7, 11) is 0. The van der Waals surface area contributed by atoms with E-state index in [2.05, 4.69) is 20.8 Å². The fourth-order valence-corrected chi connectivity index (χ4v) is 1.51. The highest BCUT2D eigenvalue weighted by Crippen LogP contribution is 2.00. The van der Waals surface area contributed by atoms with Crippen molar-refractivity contribution in [3.63, 3.8) is 0 Å². The Hall–Kier alpha value is -2.64. The normalized spacial score (nSPS) is 11.3. The number of aromatic nitrogens is 1. The van der Waals surface area contributed by atoms with Crippen LogP contribution >= 0.6 is 0 Å². The molecule has 0 saturated heterocycles. The number of nitrogens with one attached hydrogen (secondary N) is 2. The van der Waals surface area contributed by atoms with Gasteiger partial charge in [-0.1, -0.05) is 5.16 Å². The fraction of sp³-hybridized carbons (Fsp3) is 0.385. The number of pyridine rings is 1. The minimum Gasteiger partial charge on any atom is -0.409 e. The first-order valence-electron chi connectivity index (χ1n) is 6.45. The predicted molar refractivity (Wildman–Crippen MR) is 77.0 cm³/mol. The van der Waals surface area contributed by atoms with Gasteiger partial charge in [0.1, 0.15) is 5.69 Å². The van der Waals surface area contributed by atoms with Crippen LogP contribution in [0.5, 0.6) is 0 Å². The molecule has 0 aliphatic heterocycles. The minimum atomic E-state index is -0.390. The van der Waals surface area contributed by atoms with Crippen molar-refractivity contribution in [1.29, 1.82) is 0 Å². The van der Waals surface area contributed by atoms with E-state index in [1.54, 1.807) is 0 Å². The second-order valence-corrected chi connectivity index (χ2v) is 4.65. The molecule has 5 N–H and O–H groups in total. The van der Waals surface area contributed by atoms with Crippen molar-refractivity contribution < 1.29 is 14.8 Å². The summed E-state index contributed by atoms with van der Waals surface area (Å²) in [5.41, 5.74) is 5.99. The lowest BCUT2D eigenvalue weighted by Gasteiger charge is -2.08. The molecular weight excluding hydrogens is 274 g/mol. The van der Waals surface area contributed by atoms with Gasteiger partial charge in [0.2, 0.25) is 5.91 Å². The predicted octanol–water partition coefficient (Wildman–Crippen LogP) is -0.179. The standard InChI is InChI=1S/C13H19N5O3/c1-8(2)17-11(19)5-6-15-13(20)10-4-3-9(7-16-10)12(14)18-21/h3-4,7-8,21H,5-6H2,1-2H3,(H2,14,18)(H,15,20)(H,17,19). The van der Waals surface area contributed by atoms with Gasteiger partial charge in [0, 0.05) is 30.8 Å². The molecule has 1 aromatic heterocycles. The number of hydrogen-bond acceptors (Lipinski definition) is 5. The van der Waals surface area contributed by atoms with E-state index in [9.17, 15) is 9.59 Å². The maximum absolute atomic E-state index is 11.8. The van der Waals surface area contributed by atoms with E-state index in [4.69, 9.17) is 10.9 Å². The number of amides is 2. The molecule has 0 bridgehead atoms. The summed E-state index contributed by atoms with van der Waals surface area (Å²) in [4.78, 5) is 27.1. The van der Waals surface area contributed by atoms with E-state index in [1.165, 1.54) is 18.3 Å². The zero-order valence-corrected chi connectivity index (χ0v) is 12.0. The summed E-state index contributed by atoms with van der Waals surface area (Å²) >= 11 is 0. The van der Waals surface area contributed by atoms with Crippen molar-refractivity contribution in [3.05, 3.63) is 29.6 Å². The van der Waals surface area contributed by atoms with Crippen molar-refractivity contribution in [2.75, 3.05) is 6.54 Å². The lowest BCUT2D eigenvalue weighted by Crippen LogP contribution is -2.34. The number of oxime groups is 1. The highest BCUT2D eigenvalue weighted by atomic mass is 16.4. The SMILES string of the molecule is CC(C)NC(=O)CCNC(=O)c1ccc(/C(N)=N/O)cn1. The van der Waals surface area contributed by atoms with Crippen LogP contribution in [-0.2, 0) is 4.79 Å². The van der Waals surface area contributed by atoms with Crippen molar-refractivity contribution in [2.45, 2.75) is 26.3 Å². The number of nitrogens with two attached hydrogens (primary N) is 1. The molecule has 0 radical (unpaired) electrons. The monoisotopic (exact) mass is 293 g/mol. The van der Waals surface area contributed by atoms with Crippen LogP contribution < -0.4 is 16.4 Å². The Morgan fingerprint density at radius 1 is 1.43 bits per heavy atom. The Bertz CT molecular complexity index is 525. The average molecular weight is 293 g/mol. The molecule has 1 heterocycles. The topological polar surface area (TPSA) is 130 Å². The minimum absolute atomic E-state index is 0.0704. The average Bonchev–Trinajstić information content (AvgIpc) is 2.45. The number of rotatable bonds is 6. The molecule has 21 heavy (non-hydrogen) atoms. The van der Waals surface area contributed by atoms with Crippen molar-refractivity contribution >= 4 is 17.6 Å². The molecule has 2 amide bonds. The molecular formula is C13H19N5O3. The molecule has 1 aromatic rings. The molecule has 0 fully saturated rings. The molecule has 0 unspecified atom stereocenters. The van der Waals surface area contributed by atoms with Crippen LogP contribution in [0.3, 0.4) is 0 Å². The first-order valence-corrected chi connectivity index (χ1v) is 6.45. The smallest absolute Gasteiger partial charge is 0.269 e. The van der Waals surface area contributed by atoms with Crippen LogP contribution in [0.2, 0.25) is 0 Å². The molecule has 0 saturated carbocycles. The van der Waals surface area contributed by atoms with Gasteiger partial charge in [-0.3, -0.25) is 14.6 Å². The maximum Gasteiger partial charge on any atom is 0.269 e. The Kier molecular flexibility index (Phi) is 6.12. The lowest BCUT2D eigenvalue weighted by molar-refractivity contribution is -0.121. The van der Waals surface area contributed by atoms with Crippen LogP contribution in [0.25, 0.3) is 0 Å². The van der Waals surface area contributed by atoms with Gasteiger partial charge in [-0.2, -0.15) is 0 Å². The third kappa shape index (κ3) is 5.47. The van der Waals surface area contributed by atoms with Crippen LogP contribution in [-0.4, -0.2) is 40.4 Å². The van der Waals surface area contributed by atoms with E-state index in [-0.39, 0.29) is 36.4 Å². The molecule has 0 aliphatic rings. The highest BCUT2D eigenvalue weighted by molar-refractivity contribution is 5.98. The van der Waals surface area contributed by atoms with Crippen LogP contribution in [0, 0.1) is 0 Å².